The topological polar surface area (TPSA) is 49.4 Å². The summed E-state index contributed by atoms with van der Waals surface area (Å²) in [6, 6.07) is 5.57. The molecule has 2 fully saturated rings. The molecule has 1 aliphatic carbocycles. The second kappa shape index (κ2) is 4.05. The molecule has 19 heavy (non-hydrogen) atoms. The van der Waals surface area contributed by atoms with Crippen molar-refractivity contribution >= 4 is 11.9 Å². The van der Waals surface area contributed by atoms with E-state index in [1.54, 1.807) is 19.1 Å². The van der Waals surface area contributed by atoms with Crippen molar-refractivity contribution < 1.29 is 14.0 Å². The SMILES string of the molecule is C[C@]1(C2CC2)NC(=O)N(Cc2cccc(F)c2)C1=O. The van der Waals surface area contributed by atoms with Crippen LogP contribution in [0.5, 0.6) is 0 Å². The van der Waals surface area contributed by atoms with E-state index in [2.05, 4.69) is 5.32 Å². The van der Waals surface area contributed by atoms with Crippen molar-refractivity contribution in [3.8, 4) is 0 Å². The zero-order valence-electron chi connectivity index (χ0n) is 10.6. The average Bonchev–Trinajstić information content (AvgIpc) is 3.16. The van der Waals surface area contributed by atoms with Crippen LogP contribution in [0.1, 0.15) is 25.3 Å². The van der Waals surface area contributed by atoms with Gasteiger partial charge < -0.3 is 5.32 Å². The summed E-state index contributed by atoms with van der Waals surface area (Å²) in [5.74, 6) is -0.333. The zero-order chi connectivity index (χ0) is 13.6. The summed E-state index contributed by atoms with van der Waals surface area (Å²) in [6.45, 7) is 1.89. The van der Waals surface area contributed by atoms with Gasteiger partial charge in [-0.2, -0.15) is 0 Å². The van der Waals surface area contributed by atoms with E-state index in [0.29, 0.717) is 5.56 Å². The molecule has 1 N–H and O–H groups in total. The lowest BCUT2D eigenvalue weighted by Crippen LogP contribution is -2.46. The minimum atomic E-state index is -0.773. The molecular formula is C14H15FN2O2. The maximum absolute atomic E-state index is 13.1. The highest BCUT2D eigenvalue weighted by Crippen LogP contribution is 2.42. The van der Waals surface area contributed by atoms with Crippen molar-refractivity contribution in [1.82, 2.24) is 10.2 Å². The molecule has 1 saturated heterocycles. The molecule has 1 aromatic carbocycles. The van der Waals surface area contributed by atoms with Gasteiger partial charge in [-0.05, 0) is 43.4 Å². The normalized spacial score (nSPS) is 26.7. The lowest BCUT2D eigenvalue weighted by Gasteiger charge is -2.21. The molecule has 1 atom stereocenters. The number of benzene rings is 1. The molecule has 1 aromatic rings. The van der Waals surface area contributed by atoms with E-state index in [-0.39, 0.29) is 30.2 Å². The molecule has 0 unspecified atom stereocenters. The maximum atomic E-state index is 13.1. The molecule has 3 amide bonds. The fourth-order valence-electron chi connectivity index (χ4n) is 2.61. The minimum Gasteiger partial charge on any atom is -0.323 e. The predicted molar refractivity (Wildman–Crippen MR) is 66.6 cm³/mol. The molecule has 4 nitrogen and oxygen atoms in total. The maximum Gasteiger partial charge on any atom is 0.325 e. The smallest absolute Gasteiger partial charge is 0.323 e. The number of carbonyl (C=O) groups is 2. The highest BCUT2D eigenvalue weighted by atomic mass is 19.1. The Labute approximate surface area is 110 Å². The number of hydrogen-bond acceptors (Lipinski definition) is 2. The Balaban J connectivity index is 1.81. The number of rotatable bonds is 3. The Morgan fingerprint density at radius 1 is 1.42 bits per heavy atom. The van der Waals surface area contributed by atoms with E-state index >= 15 is 0 Å². The van der Waals surface area contributed by atoms with Gasteiger partial charge in [-0.3, -0.25) is 9.69 Å². The summed E-state index contributed by atoms with van der Waals surface area (Å²) in [5, 5.41) is 2.77. The van der Waals surface area contributed by atoms with Gasteiger partial charge in [0, 0.05) is 0 Å². The summed E-state index contributed by atoms with van der Waals surface area (Å²) in [5.41, 5.74) is -0.159. The van der Waals surface area contributed by atoms with E-state index in [0.717, 1.165) is 12.8 Å². The molecule has 100 valence electrons. The van der Waals surface area contributed by atoms with Gasteiger partial charge in [-0.25, -0.2) is 9.18 Å². The highest BCUT2D eigenvalue weighted by molar-refractivity contribution is 6.07. The van der Waals surface area contributed by atoms with Gasteiger partial charge >= 0.3 is 6.03 Å². The summed E-state index contributed by atoms with van der Waals surface area (Å²) >= 11 is 0. The molecule has 1 heterocycles. The lowest BCUT2D eigenvalue weighted by atomic mass is 9.96. The Kier molecular flexibility index (Phi) is 2.59. The Hall–Kier alpha value is -1.91. The summed E-state index contributed by atoms with van der Waals surface area (Å²) in [6.07, 6.45) is 1.94. The summed E-state index contributed by atoms with van der Waals surface area (Å²) in [4.78, 5) is 25.5. The third-order valence-corrected chi connectivity index (χ3v) is 3.92. The number of hydrogen-bond donors (Lipinski definition) is 1. The summed E-state index contributed by atoms with van der Waals surface area (Å²) < 4.78 is 13.1. The summed E-state index contributed by atoms with van der Waals surface area (Å²) in [7, 11) is 0. The third kappa shape index (κ3) is 1.99. The van der Waals surface area contributed by atoms with Gasteiger partial charge in [0.1, 0.15) is 11.4 Å². The molecule has 0 radical (unpaired) electrons. The predicted octanol–water partition coefficient (Wildman–Crippen LogP) is 2.05. The van der Waals surface area contributed by atoms with E-state index < -0.39 is 5.54 Å². The highest BCUT2D eigenvalue weighted by Gasteiger charge is 2.55. The van der Waals surface area contributed by atoms with E-state index in [9.17, 15) is 14.0 Å². The van der Waals surface area contributed by atoms with Crippen LogP contribution in [0.2, 0.25) is 0 Å². The van der Waals surface area contributed by atoms with Gasteiger partial charge in [-0.1, -0.05) is 12.1 Å². The monoisotopic (exact) mass is 262 g/mol. The first-order chi connectivity index (χ1) is 9.00. The van der Waals surface area contributed by atoms with Crippen LogP contribution in [0, 0.1) is 11.7 Å². The van der Waals surface area contributed by atoms with Crippen molar-refractivity contribution in [2.75, 3.05) is 0 Å². The molecule has 5 heteroatoms. The lowest BCUT2D eigenvalue weighted by molar-refractivity contribution is -0.131. The van der Waals surface area contributed by atoms with Gasteiger partial charge in [0.2, 0.25) is 0 Å². The molecule has 1 saturated carbocycles. The van der Waals surface area contributed by atoms with Crippen LogP contribution in [-0.4, -0.2) is 22.4 Å². The molecule has 0 aromatic heterocycles. The van der Waals surface area contributed by atoms with Gasteiger partial charge in [-0.15, -0.1) is 0 Å². The second-order valence-corrected chi connectivity index (χ2v) is 5.43. The Bertz CT molecular complexity index is 556. The fourth-order valence-corrected chi connectivity index (χ4v) is 2.61. The molecular weight excluding hydrogens is 247 g/mol. The van der Waals surface area contributed by atoms with E-state index in [1.165, 1.54) is 17.0 Å². The first-order valence-electron chi connectivity index (χ1n) is 6.39. The van der Waals surface area contributed by atoms with Crippen molar-refractivity contribution in [2.45, 2.75) is 31.8 Å². The number of nitrogens with zero attached hydrogens (tertiary/aromatic N) is 1. The fraction of sp³-hybridized carbons (Fsp3) is 0.429. The number of nitrogens with one attached hydrogen (secondary N) is 1. The molecule has 0 spiro atoms. The van der Waals surface area contributed by atoms with Crippen molar-refractivity contribution in [3.05, 3.63) is 35.6 Å². The van der Waals surface area contributed by atoms with Crippen LogP contribution in [0.15, 0.2) is 24.3 Å². The van der Waals surface area contributed by atoms with Crippen LogP contribution in [0.4, 0.5) is 9.18 Å². The number of imide groups is 1. The van der Waals surface area contributed by atoms with Crippen LogP contribution in [0.3, 0.4) is 0 Å². The largest absolute Gasteiger partial charge is 0.325 e. The van der Waals surface area contributed by atoms with Gasteiger partial charge in [0.15, 0.2) is 0 Å². The van der Waals surface area contributed by atoms with E-state index in [4.69, 9.17) is 0 Å². The Morgan fingerprint density at radius 3 is 2.79 bits per heavy atom. The van der Waals surface area contributed by atoms with Crippen molar-refractivity contribution in [2.24, 2.45) is 5.92 Å². The van der Waals surface area contributed by atoms with Gasteiger partial charge in [0.25, 0.3) is 5.91 Å². The van der Waals surface area contributed by atoms with Crippen LogP contribution in [-0.2, 0) is 11.3 Å². The average molecular weight is 262 g/mol. The third-order valence-electron chi connectivity index (χ3n) is 3.92. The number of carbonyl (C=O) groups excluding carboxylic acids is 2. The number of halogens is 1. The van der Waals surface area contributed by atoms with Crippen molar-refractivity contribution in [3.63, 3.8) is 0 Å². The number of amides is 3. The Morgan fingerprint density at radius 2 is 2.16 bits per heavy atom. The minimum absolute atomic E-state index is 0.116. The zero-order valence-corrected chi connectivity index (χ0v) is 10.6. The van der Waals surface area contributed by atoms with Gasteiger partial charge in [0.05, 0.1) is 6.54 Å². The first kappa shape index (κ1) is 12.1. The second-order valence-electron chi connectivity index (χ2n) is 5.43. The van der Waals surface area contributed by atoms with Crippen LogP contribution < -0.4 is 5.32 Å². The molecule has 2 aliphatic rings. The molecule has 0 bridgehead atoms. The number of urea groups is 1. The molecule has 1 aliphatic heterocycles. The van der Waals surface area contributed by atoms with Crippen LogP contribution in [0.25, 0.3) is 0 Å². The van der Waals surface area contributed by atoms with Crippen LogP contribution >= 0.6 is 0 Å². The molecule has 3 rings (SSSR count). The quantitative estimate of drug-likeness (QED) is 0.847. The standard InChI is InChI=1S/C14H15FN2O2/c1-14(10-5-6-10)12(18)17(13(19)16-14)8-9-3-2-4-11(15)7-9/h2-4,7,10H,5-6,8H2,1H3,(H,16,19)/t14-/m1/s1. The first-order valence-corrected chi connectivity index (χ1v) is 6.39. The van der Waals surface area contributed by atoms with Crippen molar-refractivity contribution in [1.29, 1.82) is 0 Å². The van der Waals surface area contributed by atoms with E-state index in [1.807, 2.05) is 0 Å².